The number of carboxylic acids is 1. The third kappa shape index (κ3) is 2.69. The Morgan fingerprint density at radius 1 is 1.35 bits per heavy atom. The van der Waals surface area contributed by atoms with E-state index in [1.54, 1.807) is 13.8 Å². The second-order valence-corrected chi connectivity index (χ2v) is 7.86. The number of rotatable bonds is 4. The Kier molecular flexibility index (Phi) is 4.12. The van der Waals surface area contributed by atoms with Crippen LogP contribution in [0.2, 0.25) is 0 Å². The summed E-state index contributed by atoms with van der Waals surface area (Å²) in [5.41, 5.74) is -0.526. The normalized spacial score (nSPS) is 34.5. The van der Waals surface area contributed by atoms with Crippen molar-refractivity contribution in [1.82, 2.24) is 9.03 Å². The van der Waals surface area contributed by atoms with Crippen LogP contribution in [0.4, 0.5) is 0 Å². The molecule has 0 aromatic rings. The van der Waals surface area contributed by atoms with Crippen molar-refractivity contribution in [3.05, 3.63) is 0 Å². The van der Waals surface area contributed by atoms with Gasteiger partial charge in [-0.1, -0.05) is 13.8 Å². The molecule has 8 heteroatoms. The van der Waals surface area contributed by atoms with E-state index in [4.69, 9.17) is 5.11 Å². The molecule has 1 aliphatic carbocycles. The van der Waals surface area contributed by atoms with Crippen molar-refractivity contribution in [2.45, 2.75) is 57.7 Å². The average molecular weight is 306 g/mol. The quantitative estimate of drug-likeness (QED) is 0.673. The van der Waals surface area contributed by atoms with E-state index >= 15 is 0 Å². The van der Waals surface area contributed by atoms with Crippen molar-refractivity contribution in [3.8, 4) is 0 Å². The molecule has 0 spiro atoms. The highest BCUT2D eigenvalue weighted by atomic mass is 32.2. The summed E-state index contributed by atoms with van der Waals surface area (Å²) in [5.74, 6) is -1.11. The molecule has 2 fully saturated rings. The number of nitrogens with one attached hydrogen (secondary N) is 1. The minimum Gasteiger partial charge on any atom is -0.480 e. The maximum atomic E-state index is 12.4. The third-order valence-corrected chi connectivity index (χ3v) is 6.19. The molecule has 0 amide bonds. The van der Waals surface area contributed by atoms with Gasteiger partial charge in [-0.25, -0.2) is 0 Å². The number of carboxylic acid groups (broad SMARTS) is 1. The molecule has 1 saturated heterocycles. The average Bonchev–Trinajstić information content (AvgIpc) is 2.38. The van der Waals surface area contributed by atoms with E-state index in [9.17, 15) is 18.3 Å². The van der Waals surface area contributed by atoms with Gasteiger partial charge in [0, 0.05) is 18.0 Å². The van der Waals surface area contributed by atoms with Gasteiger partial charge in [-0.3, -0.25) is 4.79 Å². The minimum atomic E-state index is -3.84. The molecular formula is C12H22N2O5S. The lowest BCUT2D eigenvalue weighted by atomic mass is 9.65. The Labute approximate surface area is 119 Å². The van der Waals surface area contributed by atoms with E-state index in [2.05, 4.69) is 4.72 Å². The zero-order chi connectivity index (χ0) is 15.1. The van der Waals surface area contributed by atoms with Crippen molar-refractivity contribution in [1.29, 1.82) is 0 Å². The van der Waals surface area contributed by atoms with Crippen LogP contribution in [-0.2, 0) is 15.0 Å². The smallest absolute Gasteiger partial charge is 0.322 e. The Balaban J connectivity index is 2.11. The zero-order valence-corrected chi connectivity index (χ0v) is 12.6. The van der Waals surface area contributed by atoms with Crippen LogP contribution >= 0.6 is 0 Å². The Bertz CT molecular complexity index is 490. The Morgan fingerprint density at radius 3 is 2.50 bits per heavy atom. The maximum Gasteiger partial charge on any atom is 0.322 e. The van der Waals surface area contributed by atoms with Gasteiger partial charge in [-0.15, -0.1) is 0 Å². The lowest BCUT2D eigenvalue weighted by Crippen LogP contribution is -2.64. The van der Waals surface area contributed by atoms with Gasteiger partial charge in [-0.2, -0.15) is 17.4 Å². The molecule has 2 aliphatic rings. The largest absolute Gasteiger partial charge is 0.480 e. The summed E-state index contributed by atoms with van der Waals surface area (Å²) < 4.78 is 28.3. The SMILES string of the molecule is CC1(C)C(O)CC1NS(=O)(=O)N1CCCCC1C(=O)O. The number of carbonyl (C=O) groups is 1. The molecule has 0 aromatic carbocycles. The molecule has 1 aliphatic heterocycles. The fourth-order valence-electron chi connectivity index (χ4n) is 2.79. The molecule has 3 unspecified atom stereocenters. The van der Waals surface area contributed by atoms with Crippen LogP contribution in [0.5, 0.6) is 0 Å². The Morgan fingerprint density at radius 2 is 2.00 bits per heavy atom. The first-order valence-corrected chi connectivity index (χ1v) is 8.30. The summed E-state index contributed by atoms with van der Waals surface area (Å²) in [6.45, 7) is 3.81. The summed E-state index contributed by atoms with van der Waals surface area (Å²) in [6.07, 6.45) is 1.55. The summed E-state index contributed by atoms with van der Waals surface area (Å²) >= 11 is 0. The van der Waals surface area contributed by atoms with Gasteiger partial charge in [0.05, 0.1) is 6.10 Å². The number of aliphatic carboxylic acids is 1. The molecule has 0 radical (unpaired) electrons. The minimum absolute atomic E-state index is 0.224. The summed E-state index contributed by atoms with van der Waals surface area (Å²) in [6, 6.07) is -1.35. The highest BCUT2D eigenvalue weighted by molar-refractivity contribution is 7.87. The second kappa shape index (κ2) is 5.25. The van der Waals surface area contributed by atoms with Gasteiger partial charge in [0.1, 0.15) is 6.04 Å². The molecule has 116 valence electrons. The molecule has 20 heavy (non-hydrogen) atoms. The van der Waals surface area contributed by atoms with Crippen LogP contribution in [0.3, 0.4) is 0 Å². The van der Waals surface area contributed by atoms with E-state index in [0.717, 1.165) is 10.7 Å². The van der Waals surface area contributed by atoms with Crippen molar-refractivity contribution in [3.63, 3.8) is 0 Å². The number of nitrogens with zero attached hydrogens (tertiary/aromatic N) is 1. The van der Waals surface area contributed by atoms with Crippen LogP contribution in [0.1, 0.15) is 39.5 Å². The van der Waals surface area contributed by atoms with Gasteiger partial charge >= 0.3 is 5.97 Å². The predicted molar refractivity (Wildman–Crippen MR) is 72.2 cm³/mol. The summed E-state index contributed by atoms with van der Waals surface area (Å²) in [7, 11) is -3.84. The van der Waals surface area contributed by atoms with E-state index < -0.39 is 33.7 Å². The molecule has 2 rings (SSSR count). The van der Waals surface area contributed by atoms with Crippen LogP contribution < -0.4 is 4.72 Å². The van der Waals surface area contributed by atoms with Crippen molar-refractivity contribution in [2.75, 3.05) is 6.54 Å². The summed E-state index contributed by atoms with van der Waals surface area (Å²) in [5, 5.41) is 18.8. The van der Waals surface area contributed by atoms with E-state index in [-0.39, 0.29) is 12.6 Å². The van der Waals surface area contributed by atoms with Gasteiger partial charge in [-0.05, 0) is 25.7 Å². The van der Waals surface area contributed by atoms with Gasteiger partial charge in [0.15, 0.2) is 0 Å². The standard InChI is InChI=1S/C12H22N2O5S/c1-12(2)9(7-10(12)15)13-20(18,19)14-6-4-3-5-8(14)11(16)17/h8-10,13,15H,3-7H2,1-2H3,(H,16,17). The Hall–Kier alpha value is -0.700. The molecule has 0 aromatic heterocycles. The van der Waals surface area contributed by atoms with Crippen LogP contribution in [-0.4, -0.2) is 53.6 Å². The molecule has 3 atom stereocenters. The topological polar surface area (TPSA) is 107 Å². The van der Waals surface area contributed by atoms with Gasteiger partial charge in [0.2, 0.25) is 0 Å². The highest BCUT2D eigenvalue weighted by Crippen LogP contribution is 2.41. The first kappa shape index (κ1) is 15.7. The fourth-order valence-corrected chi connectivity index (χ4v) is 4.58. The zero-order valence-electron chi connectivity index (χ0n) is 11.7. The van der Waals surface area contributed by atoms with Crippen LogP contribution in [0, 0.1) is 5.41 Å². The number of piperidine rings is 1. The number of hydrogen-bond donors (Lipinski definition) is 3. The number of hydrogen-bond acceptors (Lipinski definition) is 4. The maximum absolute atomic E-state index is 12.4. The van der Waals surface area contributed by atoms with Crippen molar-refractivity contribution >= 4 is 16.2 Å². The van der Waals surface area contributed by atoms with E-state index in [1.807, 2.05) is 0 Å². The van der Waals surface area contributed by atoms with Crippen LogP contribution in [0.25, 0.3) is 0 Å². The van der Waals surface area contributed by atoms with E-state index in [1.165, 1.54) is 0 Å². The second-order valence-electron chi connectivity index (χ2n) is 6.21. The molecule has 3 N–H and O–H groups in total. The highest BCUT2D eigenvalue weighted by Gasteiger charge is 2.50. The molecular weight excluding hydrogens is 284 g/mol. The first-order valence-electron chi connectivity index (χ1n) is 6.86. The monoisotopic (exact) mass is 306 g/mol. The molecule has 1 heterocycles. The van der Waals surface area contributed by atoms with Crippen LogP contribution in [0.15, 0.2) is 0 Å². The van der Waals surface area contributed by atoms with Gasteiger partial charge < -0.3 is 10.2 Å². The number of aliphatic hydroxyl groups is 1. The van der Waals surface area contributed by atoms with Gasteiger partial charge in [0.25, 0.3) is 10.2 Å². The lowest BCUT2D eigenvalue weighted by Gasteiger charge is -2.49. The van der Waals surface area contributed by atoms with E-state index in [0.29, 0.717) is 19.3 Å². The van der Waals surface area contributed by atoms with Crippen molar-refractivity contribution in [2.24, 2.45) is 5.41 Å². The first-order chi connectivity index (χ1) is 9.16. The third-order valence-electron chi connectivity index (χ3n) is 4.55. The fraction of sp³-hybridized carbons (Fsp3) is 0.917. The van der Waals surface area contributed by atoms with Crippen molar-refractivity contribution < 1.29 is 23.4 Å². The lowest BCUT2D eigenvalue weighted by molar-refractivity contribution is -0.142. The predicted octanol–water partition coefficient (Wildman–Crippen LogP) is -0.0807. The number of aliphatic hydroxyl groups excluding tert-OH is 1. The molecule has 0 bridgehead atoms. The summed E-state index contributed by atoms with van der Waals surface area (Å²) in [4.78, 5) is 11.2. The molecule has 1 saturated carbocycles. The molecule has 7 nitrogen and oxygen atoms in total.